The number of rotatable bonds is 4. The molecule has 118 valence electrons. The van der Waals surface area contributed by atoms with Crippen LogP contribution in [0.4, 0.5) is 4.39 Å². The molecular formula is C15H11FN2O4S. The fourth-order valence-corrected chi connectivity index (χ4v) is 3.58. The molecular weight excluding hydrogens is 323 g/mol. The SMILES string of the molecule is O=C(O)CNC(=O)c1ncc2c(sc3cc(F)ccc32)c1CO. The maximum atomic E-state index is 13.4. The standard InChI is InChI=1S/C15H11FN2O4S/c16-7-1-2-8-9-4-17-13(15(22)18-5-12(20)21)10(6-19)14(9)23-11(8)3-7/h1-4,19H,5-6H2,(H,18,22)(H,20,21). The van der Waals surface area contributed by atoms with Crippen molar-refractivity contribution in [3.8, 4) is 0 Å². The van der Waals surface area contributed by atoms with Crippen molar-refractivity contribution in [1.82, 2.24) is 10.3 Å². The Hall–Kier alpha value is -2.58. The van der Waals surface area contributed by atoms with Crippen molar-refractivity contribution in [2.75, 3.05) is 6.54 Å². The van der Waals surface area contributed by atoms with Gasteiger partial charge in [0, 0.05) is 31.9 Å². The zero-order valence-corrected chi connectivity index (χ0v) is 12.5. The van der Waals surface area contributed by atoms with E-state index >= 15 is 0 Å². The Morgan fingerprint density at radius 2 is 2.09 bits per heavy atom. The highest BCUT2D eigenvalue weighted by Crippen LogP contribution is 2.36. The molecule has 2 aromatic heterocycles. The van der Waals surface area contributed by atoms with Crippen LogP contribution in [0.5, 0.6) is 0 Å². The van der Waals surface area contributed by atoms with Gasteiger partial charge in [0.2, 0.25) is 0 Å². The molecule has 0 aliphatic heterocycles. The van der Waals surface area contributed by atoms with E-state index in [1.54, 1.807) is 6.07 Å². The van der Waals surface area contributed by atoms with Gasteiger partial charge in [0.15, 0.2) is 0 Å². The van der Waals surface area contributed by atoms with E-state index in [1.807, 2.05) is 0 Å². The molecule has 0 aliphatic rings. The van der Waals surface area contributed by atoms with Gasteiger partial charge in [-0.05, 0) is 18.2 Å². The minimum Gasteiger partial charge on any atom is -0.480 e. The third kappa shape index (κ3) is 2.73. The van der Waals surface area contributed by atoms with Crippen LogP contribution in [-0.2, 0) is 11.4 Å². The van der Waals surface area contributed by atoms with Crippen LogP contribution in [0.2, 0.25) is 0 Å². The molecule has 3 aromatic rings. The molecule has 3 rings (SSSR count). The molecule has 1 aromatic carbocycles. The van der Waals surface area contributed by atoms with Crippen molar-refractivity contribution in [1.29, 1.82) is 0 Å². The molecule has 0 radical (unpaired) electrons. The number of benzene rings is 1. The summed E-state index contributed by atoms with van der Waals surface area (Å²) in [6.45, 7) is -0.976. The molecule has 3 N–H and O–H groups in total. The first-order valence-corrected chi connectivity index (χ1v) is 7.43. The highest BCUT2D eigenvalue weighted by atomic mass is 32.1. The molecule has 2 heterocycles. The van der Waals surface area contributed by atoms with Gasteiger partial charge in [-0.3, -0.25) is 9.59 Å². The van der Waals surface area contributed by atoms with Crippen molar-refractivity contribution in [2.45, 2.75) is 6.61 Å². The molecule has 1 amide bonds. The van der Waals surface area contributed by atoms with E-state index in [0.29, 0.717) is 20.3 Å². The van der Waals surface area contributed by atoms with Gasteiger partial charge in [-0.1, -0.05) is 0 Å². The number of thiophene rings is 1. The lowest BCUT2D eigenvalue weighted by Crippen LogP contribution is -2.30. The summed E-state index contributed by atoms with van der Waals surface area (Å²) in [5.41, 5.74) is 0.264. The average molecular weight is 334 g/mol. The zero-order chi connectivity index (χ0) is 16.6. The van der Waals surface area contributed by atoms with Crippen LogP contribution in [0, 0.1) is 5.82 Å². The first-order valence-electron chi connectivity index (χ1n) is 6.61. The minimum absolute atomic E-state index is 0.0340. The fraction of sp³-hybridized carbons (Fsp3) is 0.133. The summed E-state index contributed by atoms with van der Waals surface area (Å²) in [5, 5.41) is 21.9. The van der Waals surface area contributed by atoms with E-state index in [9.17, 15) is 19.1 Å². The van der Waals surface area contributed by atoms with Gasteiger partial charge in [0.1, 0.15) is 18.1 Å². The number of hydrogen-bond acceptors (Lipinski definition) is 5. The lowest BCUT2D eigenvalue weighted by molar-refractivity contribution is -0.135. The summed E-state index contributed by atoms with van der Waals surface area (Å²) in [7, 11) is 0. The van der Waals surface area contributed by atoms with E-state index in [-0.39, 0.29) is 11.5 Å². The van der Waals surface area contributed by atoms with Crippen LogP contribution in [0.1, 0.15) is 16.1 Å². The summed E-state index contributed by atoms with van der Waals surface area (Å²) >= 11 is 1.25. The highest BCUT2D eigenvalue weighted by Gasteiger charge is 2.19. The topological polar surface area (TPSA) is 99.5 Å². The number of nitrogens with zero attached hydrogens (tertiary/aromatic N) is 1. The predicted molar refractivity (Wildman–Crippen MR) is 83.0 cm³/mol. The highest BCUT2D eigenvalue weighted by molar-refractivity contribution is 7.26. The second-order valence-electron chi connectivity index (χ2n) is 4.81. The molecule has 0 unspecified atom stereocenters. The van der Waals surface area contributed by atoms with Crippen LogP contribution in [-0.4, -0.2) is 33.6 Å². The van der Waals surface area contributed by atoms with Gasteiger partial charge in [-0.15, -0.1) is 11.3 Å². The minimum atomic E-state index is -1.18. The van der Waals surface area contributed by atoms with Gasteiger partial charge >= 0.3 is 5.97 Å². The van der Waals surface area contributed by atoms with Gasteiger partial charge in [0.05, 0.1) is 6.61 Å². The number of carboxylic acids is 1. The molecule has 8 heteroatoms. The van der Waals surface area contributed by atoms with Crippen LogP contribution >= 0.6 is 11.3 Å². The monoisotopic (exact) mass is 334 g/mol. The lowest BCUT2D eigenvalue weighted by atomic mass is 10.1. The first-order chi connectivity index (χ1) is 11.0. The Balaban J connectivity index is 2.15. The van der Waals surface area contributed by atoms with Crippen molar-refractivity contribution < 1.29 is 24.2 Å². The number of pyridine rings is 1. The first kappa shape index (κ1) is 15.3. The molecule has 0 bridgehead atoms. The number of aliphatic hydroxyl groups is 1. The number of amides is 1. The number of aromatic nitrogens is 1. The molecule has 0 saturated carbocycles. The fourth-order valence-electron chi connectivity index (χ4n) is 2.34. The van der Waals surface area contributed by atoms with E-state index in [4.69, 9.17) is 5.11 Å². The van der Waals surface area contributed by atoms with Gasteiger partial charge in [-0.25, -0.2) is 9.37 Å². The lowest BCUT2D eigenvalue weighted by Gasteiger charge is -2.07. The maximum Gasteiger partial charge on any atom is 0.322 e. The van der Waals surface area contributed by atoms with Gasteiger partial charge in [0.25, 0.3) is 5.91 Å². The number of aliphatic hydroxyl groups excluding tert-OH is 1. The third-order valence-electron chi connectivity index (χ3n) is 3.35. The number of aliphatic carboxylic acids is 1. The van der Waals surface area contributed by atoms with Crippen molar-refractivity contribution in [2.24, 2.45) is 0 Å². The van der Waals surface area contributed by atoms with Crippen LogP contribution in [0.3, 0.4) is 0 Å². The van der Waals surface area contributed by atoms with Crippen LogP contribution in [0.25, 0.3) is 20.2 Å². The number of hydrogen-bond donors (Lipinski definition) is 3. The summed E-state index contributed by atoms with van der Waals surface area (Å²) in [6, 6.07) is 4.34. The number of carbonyl (C=O) groups excluding carboxylic acids is 1. The van der Waals surface area contributed by atoms with Crippen LogP contribution in [0.15, 0.2) is 24.4 Å². The zero-order valence-electron chi connectivity index (χ0n) is 11.7. The van der Waals surface area contributed by atoms with Crippen molar-refractivity contribution in [3.05, 3.63) is 41.5 Å². The Bertz CT molecular complexity index is 938. The van der Waals surface area contributed by atoms with E-state index in [2.05, 4.69) is 10.3 Å². The number of fused-ring (bicyclic) bond motifs is 3. The van der Waals surface area contributed by atoms with E-state index in [0.717, 1.165) is 5.39 Å². The Morgan fingerprint density at radius 1 is 1.30 bits per heavy atom. The molecule has 6 nitrogen and oxygen atoms in total. The van der Waals surface area contributed by atoms with Gasteiger partial charge in [-0.2, -0.15) is 0 Å². The third-order valence-corrected chi connectivity index (χ3v) is 4.57. The summed E-state index contributed by atoms with van der Waals surface area (Å²) in [6.07, 6.45) is 1.47. The normalized spacial score (nSPS) is 11.0. The molecule has 0 aliphatic carbocycles. The summed E-state index contributed by atoms with van der Waals surface area (Å²) < 4.78 is 14.7. The predicted octanol–water partition coefficient (Wildman–Crippen LogP) is 1.90. The Labute approximate surface area is 133 Å². The second-order valence-corrected chi connectivity index (χ2v) is 5.86. The summed E-state index contributed by atoms with van der Waals surface area (Å²) in [5.74, 6) is -2.23. The second kappa shape index (κ2) is 5.90. The Kier molecular flexibility index (Phi) is 3.93. The average Bonchev–Trinajstić information content (AvgIpc) is 2.88. The quantitative estimate of drug-likeness (QED) is 0.677. The number of carboxylic acid groups (broad SMARTS) is 1. The molecule has 0 atom stereocenters. The van der Waals surface area contributed by atoms with Crippen molar-refractivity contribution in [3.63, 3.8) is 0 Å². The molecule has 0 fully saturated rings. The number of halogens is 1. The smallest absolute Gasteiger partial charge is 0.322 e. The van der Waals surface area contributed by atoms with Crippen LogP contribution < -0.4 is 5.32 Å². The summed E-state index contributed by atoms with van der Waals surface area (Å²) in [4.78, 5) is 26.6. The molecule has 23 heavy (non-hydrogen) atoms. The van der Waals surface area contributed by atoms with E-state index < -0.39 is 25.0 Å². The maximum absolute atomic E-state index is 13.4. The number of carbonyl (C=O) groups is 2. The number of nitrogens with one attached hydrogen (secondary N) is 1. The van der Waals surface area contributed by atoms with Gasteiger partial charge < -0.3 is 15.5 Å². The molecule has 0 spiro atoms. The van der Waals surface area contributed by atoms with E-state index in [1.165, 1.54) is 29.7 Å². The van der Waals surface area contributed by atoms with Crippen molar-refractivity contribution >= 4 is 43.4 Å². The Morgan fingerprint density at radius 3 is 2.78 bits per heavy atom. The largest absolute Gasteiger partial charge is 0.480 e. The molecule has 0 saturated heterocycles.